The molecule has 0 heterocycles. The van der Waals surface area contributed by atoms with E-state index < -0.39 is 22.5 Å². The van der Waals surface area contributed by atoms with Gasteiger partial charge in [0, 0.05) is 12.6 Å². The van der Waals surface area contributed by atoms with Gasteiger partial charge >= 0.3 is 5.97 Å². The van der Waals surface area contributed by atoms with E-state index in [1.165, 1.54) is 25.3 Å². The molecular formula is C11H14ClNO5S. The molecule has 0 aromatic heterocycles. The standard InChI is InChI=1S/C11H14ClNO5S/c1-3-13(7-11(14)15)19(16,17)10-5-4-8(18-2)6-9(10)12/h4-6H,3,7H2,1-2H3,(H,14,15). The van der Waals surface area contributed by atoms with Crippen molar-refractivity contribution in [1.29, 1.82) is 0 Å². The summed E-state index contributed by atoms with van der Waals surface area (Å²) >= 11 is 5.90. The molecule has 19 heavy (non-hydrogen) atoms. The fraction of sp³-hybridized carbons (Fsp3) is 0.364. The molecule has 8 heteroatoms. The van der Waals surface area contributed by atoms with E-state index in [1.807, 2.05) is 0 Å². The van der Waals surface area contributed by atoms with Gasteiger partial charge in [0.1, 0.15) is 17.2 Å². The smallest absolute Gasteiger partial charge is 0.318 e. The zero-order valence-electron chi connectivity index (χ0n) is 10.5. The van der Waals surface area contributed by atoms with Crippen molar-refractivity contribution in [1.82, 2.24) is 4.31 Å². The zero-order chi connectivity index (χ0) is 14.6. The Balaban J connectivity index is 3.22. The van der Waals surface area contributed by atoms with Crippen LogP contribution in [-0.2, 0) is 14.8 Å². The average Bonchev–Trinajstić information content (AvgIpc) is 2.34. The van der Waals surface area contributed by atoms with E-state index in [1.54, 1.807) is 6.92 Å². The van der Waals surface area contributed by atoms with Gasteiger partial charge in [0.2, 0.25) is 10.0 Å². The predicted molar refractivity (Wildman–Crippen MR) is 70.1 cm³/mol. The van der Waals surface area contributed by atoms with Crippen LogP contribution in [0, 0.1) is 0 Å². The van der Waals surface area contributed by atoms with Crippen molar-refractivity contribution in [3.8, 4) is 5.75 Å². The lowest BCUT2D eigenvalue weighted by Gasteiger charge is -2.19. The molecule has 0 amide bonds. The third kappa shape index (κ3) is 3.59. The van der Waals surface area contributed by atoms with Gasteiger partial charge in [-0.2, -0.15) is 4.31 Å². The average molecular weight is 308 g/mol. The SMILES string of the molecule is CCN(CC(=O)O)S(=O)(=O)c1ccc(OC)cc1Cl. The molecule has 0 fully saturated rings. The Morgan fingerprint density at radius 1 is 1.47 bits per heavy atom. The van der Waals surface area contributed by atoms with Crippen LogP contribution < -0.4 is 4.74 Å². The number of sulfonamides is 1. The third-order valence-corrected chi connectivity index (χ3v) is 4.82. The molecule has 1 aromatic rings. The number of halogens is 1. The summed E-state index contributed by atoms with van der Waals surface area (Å²) in [5.41, 5.74) is 0. The number of carboxylic acid groups (broad SMARTS) is 1. The van der Waals surface area contributed by atoms with E-state index >= 15 is 0 Å². The van der Waals surface area contributed by atoms with Crippen molar-refractivity contribution < 1.29 is 23.1 Å². The molecule has 1 aromatic carbocycles. The van der Waals surface area contributed by atoms with Crippen molar-refractivity contribution in [2.24, 2.45) is 0 Å². The number of carbonyl (C=O) groups is 1. The van der Waals surface area contributed by atoms with Crippen molar-refractivity contribution in [3.63, 3.8) is 0 Å². The van der Waals surface area contributed by atoms with Crippen LogP contribution in [0.25, 0.3) is 0 Å². The highest BCUT2D eigenvalue weighted by atomic mass is 35.5. The summed E-state index contributed by atoms with van der Waals surface area (Å²) < 4.78 is 30.3. The van der Waals surface area contributed by atoms with Crippen LogP contribution in [0.3, 0.4) is 0 Å². The molecular weight excluding hydrogens is 294 g/mol. The second-order valence-electron chi connectivity index (χ2n) is 3.62. The fourth-order valence-electron chi connectivity index (χ4n) is 1.47. The summed E-state index contributed by atoms with van der Waals surface area (Å²) in [6.45, 7) is 0.982. The molecule has 0 aliphatic rings. The summed E-state index contributed by atoms with van der Waals surface area (Å²) in [5, 5.41) is 8.71. The van der Waals surface area contributed by atoms with Crippen LogP contribution in [0.2, 0.25) is 5.02 Å². The van der Waals surface area contributed by atoms with Gasteiger partial charge in [-0.15, -0.1) is 0 Å². The first-order chi connectivity index (χ1) is 8.82. The lowest BCUT2D eigenvalue weighted by molar-refractivity contribution is -0.137. The van der Waals surface area contributed by atoms with Gasteiger partial charge in [0.25, 0.3) is 0 Å². The lowest BCUT2D eigenvalue weighted by atomic mass is 10.3. The molecule has 1 rings (SSSR count). The quantitative estimate of drug-likeness (QED) is 0.860. The maximum Gasteiger partial charge on any atom is 0.318 e. The minimum Gasteiger partial charge on any atom is -0.497 e. The summed E-state index contributed by atoms with van der Waals surface area (Å²) in [6, 6.07) is 4.11. The number of rotatable bonds is 6. The highest BCUT2D eigenvalue weighted by molar-refractivity contribution is 7.89. The second-order valence-corrected chi connectivity index (χ2v) is 5.93. The number of carboxylic acids is 1. The number of benzene rings is 1. The minimum absolute atomic E-state index is 0.0109. The van der Waals surface area contributed by atoms with E-state index in [2.05, 4.69) is 0 Å². The Bertz CT molecular complexity index is 572. The van der Waals surface area contributed by atoms with Crippen molar-refractivity contribution in [2.75, 3.05) is 20.2 Å². The number of aliphatic carboxylic acids is 1. The van der Waals surface area contributed by atoms with Crippen molar-refractivity contribution in [3.05, 3.63) is 23.2 Å². The molecule has 1 N–H and O–H groups in total. The van der Waals surface area contributed by atoms with Crippen LogP contribution in [0.1, 0.15) is 6.92 Å². The number of nitrogens with zero attached hydrogens (tertiary/aromatic N) is 1. The Kier molecular flexibility index (Phi) is 5.16. The molecule has 0 unspecified atom stereocenters. The van der Waals surface area contributed by atoms with Crippen molar-refractivity contribution >= 4 is 27.6 Å². The number of likely N-dealkylation sites (N-methyl/N-ethyl adjacent to an activating group) is 1. The van der Waals surface area contributed by atoms with Gasteiger partial charge in [-0.05, 0) is 12.1 Å². The number of methoxy groups -OCH3 is 1. The predicted octanol–water partition coefficient (Wildman–Crippen LogP) is 1.44. The highest BCUT2D eigenvalue weighted by Gasteiger charge is 2.27. The van der Waals surface area contributed by atoms with Gasteiger partial charge < -0.3 is 9.84 Å². The number of hydrogen-bond acceptors (Lipinski definition) is 4. The monoisotopic (exact) mass is 307 g/mol. The van der Waals surface area contributed by atoms with Gasteiger partial charge in [0.15, 0.2) is 0 Å². The Labute approximate surface area is 116 Å². The van der Waals surface area contributed by atoms with Gasteiger partial charge in [-0.1, -0.05) is 18.5 Å². The molecule has 0 aliphatic carbocycles. The van der Waals surface area contributed by atoms with Crippen molar-refractivity contribution in [2.45, 2.75) is 11.8 Å². The largest absolute Gasteiger partial charge is 0.497 e. The first-order valence-corrected chi connectivity index (χ1v) is 7.20. The van der Waals surface area contributed by atoms with E-state index in [-0.39, 0.29) is 16.5 Å². The maximum absolute atomic E-state index is 12.3. The van der Waals surface area contributed by atoms with Crippen LogP contribution in [0.15, 0.2) is 23.1 Å². The van der Waals surface area contributed by atoms with Gasteiger partial charge in [-0.25, -0.2) is 8.42 Å². The molecule has 0 saturated heterocycles. The molecule has 0 aliphatic heterocycles. The molecule has 0 bridgehead atoms. The number of hydrogen-bond donors (Lipinski definition) is 1. The van der Waals surface area contributed by atoms with Crippen LogP contribution >= 0.6 is 11.6 Å². The summed E-state index contributed by atoms with van der Waals surface area (Å²) in [6.07, 6.45) is 0. The Morgan fingerprint density at radius 3 is 2.53 bits per heavy atom. The van der Waals surface area contributed by atoms with Crippen LogP contribution in [-0.4, -0.2) is 44.0 Å². The number of ether oxygens (including phenoxy) is 1. The zero-order valence-corrected chi connectivity index (χ0v) is 12.0. The van der Waals surface area contributed by atoms with E-state index in [9.17, 15) is 13.2 Å². The molecule has 106 valence electrons. The minimum atomic E-state index is -3.94. The van der Waals surface area contributed by atoms with Crippen LogP contribution in [0.4, 0.5) is 0 Å². The molecule has 6 nitrogen and oxygen atoms in total. The van der Waals surface area contributed by atoms with Crippen LogP contribution in [0.5, 0.6) is 5.75 Å². The molecule has 0 saturated carbocycles. The molecule has 0 atom stereocenters. The van der Waals surface area contributed by atoms with Gasteiger partial charge in [0.05, 0.1) is 12.1 Å². The Hall–Kier alpha value is -1.31. The highest BCUT2D eigenvalue weighted by Crippen LogP contribution is 2.28. The Morgan fingerprint density at radius 2 is 2.11 bits per heavy atom. The summed E-state index contributed by atoms with van der Waals surface area (Å²) in [7, 11) is -2.50. The second kappa shape index (κ2) is 6.23. The normalized spacial score (nSPS) is 11.6. The first kappa shape index (κ1) is 15.7. The van der Waals surface area contributed by atoms with E-state index in [0.717, 1.165) is 4.31 Å². The summed E-state index contributed by atoms with van der Waals surface area (Å²) in [4.78, 5) is 10.5. The van der Waals surface area contributed by atoms with E-state index in [0.29, 0.717) is 5.75 Å². The summed E-state index contributed by atoms with van der Waals surface area (Å²) in [5.74, 6) is -0.805. The fourth-order valence-corrected chi connectivity index (χ4v) is 3.38. The van der Waals surface area contributed by atoms with Gasteiger partial charge in [-0.3, -0.25) is 4.79 Å². The molecule has 0 radical (unpaired) electrons. The maximum atomic E-state index is 12.3. The molecule has 0 spiro atoms. The lowest BCUT2D eigenvalue weighted by Crippen LogP contribution is -2.35. The first-order valence-electron chi connectivity index (χ1n) is 5.38. The third-order valence-electron chi connectivity index (χ3n) is 2.42. The van der Waals surface area contributed by atoms with E-state index in [4.69, 9.17) is 21.4 Å². The topological polar surface area (TPSA) is 83.9 Å².